The van der Waals surface area contributed by atoms with Gasteiger partial charge < -0.3 is 5.32 Å². The molecule has 0 aromatic heterocycles. The maximum absolute atomic E-state index is 13.0. The summed E-state index contributed by atoms with van der Waals surface area (Å²) in [6.45, 7) is 4.61. The Balaban J connectivity index is 1.76. The average Bonchev–Trinajstić information content (AvgIpc) is 3.13. The molecule has 1 N–H and O–H groups in total. The molecule has 3 rings (SSSR count). The largest absolute Gasteiger partial charge is 0.351 e. The van der Waals surface area contributed by atoms with E-state index in [0.29, 0.717) is 25.9 Å². The SMILES string of the molecule is Cc1ccc(S(=O)(=O)N2CCC[C@@H]2C(=O)NCc2ccccc2)cc1C. The third kappa shape index (κ3) is 3.81. The molecule has 138 valence electrons. The van der Waals surface area contributed by atoms with Gasteiger partial charge in [-0.15, -0.1) is 0 Å². The average molecular weight is 372 g/mol. The number of sulfonamides is 1. The molecule has 1 aliphatic rings. The Kier molecular flexibility index (Phi) is 5.44. The Labute approximate surface area is 155 Å². The molecule has 26 heavy (non-hydrogen) atoms. The number of rotatable bonds is 5. The third-order valence-electron chi connectivity index (χ3n) is 4.90. The van der Waals surface area contributed by atoms with Crippen LogP contribution in [0.4, 0.5) is 0 Å². The minimum atomic E-state index is -3.68. The Hall–Kier alpha value is -2.18. The zero-order chi connectivity index (χ0) is 18.7. The maximum atomic E-state index is 13.0. The monoisotopic (exact) mass is 372 g/mol. The van der Waals surface area contributed by atoms with Crippen LogP contribution in [0.2, 0.25) is 0 Å². The van der Waals surface area contributed by atoms with Crippen molar-refractivity contribution in [3.05, 3.63) is 65.2 Å². The van der Waals surface area contributed by atoms with E-state index in [1.807, 2.05) is 50.2 Å². The van der Waals surface area contributed by atoms with Crippen molar-refractivity contribution in [2.45, 2.75) is 44.2 Å². The molecular weight excluding hydrogens is 348 g/mol. The van der Waals surface area contributed by atoms with Crippen molar-refractivity contribution < 1.29 is 13.2 Å². The molecule has 0 spiro atoms. The first-order valence-electron chi connectivity index (χ1n) is 8.80. The highest BCUT2D eigenvalue weighted by Crippen LogP contribution is 2.27. The Morgan fingerprint density at radius 1 is 1.12 bits per heavy atom. The van der Waals surface area contributed by atoms with Crippen LogP contribution in [0.3, 0.4) is 0 Å². The highest BCUT2D eigenvalue weighted by atomic mass is 32.2. The molecule has 1 aliphatic heterocycles. The molecule has 2 aromatic carbocycles. The van der Waals surface area contributed by atoms with Crippen molar-refractivity contribution in [2.75, 3.05) is 6.54 Å². The zero-order valence-corrected chi connectivity index (χ0v) is 15.9. The molecule has 5 nitrogen and oxygen atoms in total. The van der Waals surface area contributed by atoms with E-state index in [9.17, 15) is 13.2 Å². The summed E-state index contributed by atoms with van der Waals surface area (Å²) in [4.78, 5) is 12.9. The van der Waals surface area contributed by atoms with Gasteiger partial charge in [-0.25, -0.2) is 8.42 Å². The lowest BCUT2D eigenvalue weighted by Gasteiger charge is -2.23. The summed E-state index contributed by atoms with van der Waals surface area (Å²) in [5, 5.41) is 2.87. The first-order chi connectivity index (χ1) is 12.4. The number of benzene rings is 2. The number of carbonyl (C=O) groups excluding carboxylic acids is 1. The van der Waals surface area contributed by atoms with Gasteiger partial charge in [0, 0.05) is 13.1 Å². The number of aryl methyl sites for hydroxylation is 2. The van der Waals surface area contributed by atoms with Gasteiger partial charge in [0.15, 0.2) is 0 Å². The van der Waals surface area contributed by atoms with Gasteiger partial charge in [0.1, 0.15) is 6.04 Å². The number of carbonyl (C=O) groups is 1. The fourth-order valence-electron chi connectivity index (χ4n) is 3.20. The van der Waals surface area contributed by atoms with Crippen molar-refractivity contribution in [2.24, 2.45) is 0 Å². The second-order valence-corrected chi connectivity index (χ2v) is 8.61. The molecule has 2 aromatic rings. The standard InChI is InChI=1S/C20H24N2O3S/c1-15-10-11-18(13-16(15)2)26(24,25)22-12-6-9-19(22)20(23)21-14-17-7-4-3-5-8-17/h3-5,7-8,10-11,13,19H,6,9,12,14H2,1-2H3,(H,21,23)/t19-/m1/s1. The van der Waals surface area contributed by atoms with E-state index in [4.69, 9.17) is 0 Å². The van der Waals surface area contributed by atoms with Gasteiger partial charge in [0.05, 0.1) is 4.90 Å². The van der Waals surface area contributed by atoms with E-state index in [2.05, 4.69) is 5.32 Å². The summed E-state index contributed by atoms with van der Waals surface area (Å²) >= 11 is 0. The summed E-state index contributed by atoms with van der Waals surface area (Å²) in [6, 6.07) is 14.1. The highest BCUT2D eigenvalue weighted by molar-refractivity contribution is 7.89. The molecule has 1 heterocycles. The van der Waals surface area contributed by atoms with Gasteiger partial charge in [-0.2, -0.15) is 4.31 Å². The molecule has 6 heteroatoms. The zero-order valence-electron chi connectivity index (χ0n) is 15.1. The predicted molar refractivity (Wildman–Crippen MR) is 101 cm³/mol. The lowest BCUT2D eigenvalue weighted by atomic mass is 10.1. The van der Waals surface area contributed by atoms with Gasteiger partial charge in [0.2, 0.25) is 15.9 Å². The van der Waals surface area contributed by atoms with Crippen LogP contribution in [-0.2, 0) is 21.4 Å². The highest BCUT2D eigenvalue weighted by Gasteiger charge is 2.39. The van der Waals surface area contributed by atoms with Crippen LogP contribution in [0.15, 0.2) is 53.4 Å². The Morgan fingerprint density at radius 2 is 1.85 bits per heavy atom. The minimum Gasteiger partial charge on any atom is -0.351 e. The van der Waals surface area contributed by atoms with Crippen molar-refractivity contribution in [1.29, 1.82) is 0 Å². The third-order valence-corrected chi connectivity index (χ3v) is 6.81. The van der Waals surface area contributed by atoms with Crippen LogP contribution >= 0.6 is 0 Å². The summed E-state index contributed by atoms with van der Waals surface area (Å²) in [5.41, 5.74) is 2.96. The fourth-order valence-corrected chi connectivity index (χ4v) is 4.94. The van der Waals surface area contributed by atoms with E-state index in [-0.39, 0.29) is 10.8 Å². The first-order valence-corrected chi connectivity index (χ1v) is 10.2. The lowest BCUT2D eigenvalue weighted by Crippen LogP contribution is -2.45. The molecular formula is C20H24N2O3S. The van der Waals surface area contributed by atoms with Gasteiger partial charge >= 0.3 is 0 Å². The van der Waals surface area contributed by atoms with Crippen LogP contribution in [-0.4, -0.2) is 31.2 Å². The summed E-state index contributed by atoms with van der Waals surface area (Å²) in [6.07, 6.45) is 1.23. The molecule has 1 saturated heterocycles. The predicted octanol–water partition coefficient (Wildman–Crippen LogP) is 2.77. The van der Waals surface area contributed by atoms with E-state index >= 15 is 0 Å². The molecule has 0 unspecified atom stereocenters. The van der Waals surface area contributed by atoms with E-state index in [1.165, 1.54) is 4.31 Å². The van der Waals surface area contributed by atoms with E-state index in [0.717, 1.165) is 16.7 Å². The molecule has 0 bridgehead atoms. The fraction of sp³-hybridized carbons (Fsp3) is 0.350. The van der Waals surface area contributed by atoms with Crippen molar-refractivity contribution in [1.82, 2.24) is 9.62 Å². The molecule has 1 atom stereocenters. The van der Waals surface area contributed by atoms with Crippen LogP contribution in [0.25, 0.3) is 0 Å². The lowest BCUT2D eigenvalue weighted by molar-refractivity contribution is -0.124. The van der Waals surface area contributed by atoms with Crippen molar-refractivity contribution in [3.8, 4) is 0 Å². The number of hydrogen-bond donors (Lipinski definition) is 1. The maximum Gasteiger partial charge on any atom is 0.243 e. The van der Waals surface area contributed by atoms with Crippen LogP contribution in [0.1, 0.15) is 29.5 Å². The quantitative estimate of drug-likeness (QED) is 0.878. The molecule has 0 radical (unpaired) electrons. The smallest absolute Gasteiger partial charge is 0.243 e. The molecule has 0 aliphatic carbocycles. The van der Waals surface area contributed by atoms with Crippen LogP contribution in [0, 0.1) is 13.8 Å². The Morgan fingerprint density at radius 3 is 2.54 bits per heavy atom. The Bertz CT molecular complexity index is 895. The van der Waals surface area contributed by atoms with Gasteiger partial charge in [-0.3, -0.25) is 4.79 Å². The second kappa shape index (κ2) is 7.60. The topological polar surface area (TPSA) is 66.5 Å². The van der Waals surface area contributed by atoms with E-state index < -0.39 is 16.1 Å². The van der Waals surface area contributed by atoms with Crippen LogP contribution in [0.5, 0.6) is 0 Å². The summed E-state index contributed by atoms with van der Waals surface area (Å²) in [5.74, 6) is -0.237. The number of amides is 1. The molecule has 1 fully saturated rings. The summed E-state index contributed by atoms with van der Waals surface area (Å²) in [7, 11) is -3.68. The van der Waals surface area contributed by atoms with E-state index in [1.54, 1.807) is 12.1 Å². The normalized spacial score (nSPS) is 18.0. The molecule has 1 amide bonds. The minimum absolute atomic E-state index is 0.237. The summed E-state index contributed by atoms with van der Waals surface area (Å²) < 4.78 is 27.4. The molecule has 0 saturated carbocycles. The van der Waals surface area contributed by atoms with Gasteiger partial charge in [-0.1, -0.05) is 36.4 Å². The van der Waals surface area contributed by atoms with Gasteiger partial charge in [-0.05, 0) is 55.5 Å². The number of nitrogens with zero attached hydrogens (tertiary/aromatic N) is 1. The van der Waals surface area contributed by atoms with Crippen molar-refractivity contribution >= 4 is 15.9 Å². The first kappa shape index (κ1) is 18.6. The second-order valence-electron chi connectivity index (χ2n) is 6.72. The number of nitrogens with one attached hydrogen (secondary N) is 1. The van der Waals surface area contributed by atoms with Crippen LogP contribution < -0.4 is 5.32 Å². The number of hydrogen-bond acceptors (Lipinski definition) is 3. The van der Waals surface area contributed by atoms with Crippen molar-refractivity contribution in [3.63, 3.8) is 0 Å². The van der Waals surface area contributed by atoms with Gasteiger partial charge in [0.25, 0.3) is 0 Å².